The maximum Gasteiger partial charge on any atom is 0.524 e. The summed E-state index contributed by atoms with van der Waals surface area (Å²) >= 11 is 0. The molecule has 0 saturated carbocycles. The Morgan fingerprint density at radius 2 is 1.25 bits per heavy atom. The third-order valence-electron chi connectivity index (χ3n) is 15.8. The number of fused-ring (bicyclic) bond motifs is 1. The number of likely N-dealkylation sites (N-methyl/N-ethyl adjacent to an activating group) is 1. The number of carbonyl (C=O) groups excluding carboxylic acids is 4. The number of hydrogen-bond acceptors (Lipinski definition) is 22. The first kappa shape index (κ1) is 80.8. The Balaban J connectivity index is 0.818. The Morgan fingerprint density at radius 1 is 0.660 bits per heavy atom. The molecule has 0 aliphatic carbocycles. The largest absolute Gasteiger partial charge is 0.524 e. The van der Waals surface area contributed by atoms with E-state index in [0.717, 1.165) is 11.9 Å². The monoisotopic (exact) mass is 1440 g/mol. The Labute approximate surface area is 580 Å². The molecular weight excluding hydrogens is 1350 g/mol. The molecule has 36 heteroatoms. The fraction of sp³-hybridized carbons (Fsp3) is 0.547. The number of imidazole rings is 1. The van der Waals surface area contributed by atoms with E-state index < -0.39 is 72.1 Å². The third kappa shape index (κ3) is 29.9. The van der Waals surface area contributed by atoms with Gasteiger partial charge in [-0.05, 0) is 105 Å². The number of carbonyl (C=O) groups is 7. The quantitative estimate of drug-likeness (QED) is 0.0190. The van der Waals surface area contributed by atoms with Gasteiger partial charge in [-0.15, -0.1) is 0 Å². The Hall–Kier alpha value is -8.19. The van der Waals surface area contributed by atoms with Crippen LogP contribution in [0.5, 0.6) is 11.5 Å². The van der Waals surface area contributed by atoms with Crippen LogP contribution >= 0.6 is 7.82 Å². The van der Waals surface area contributed by atoms with E-state index in [9.17, 15) is 71.7 Å². The van der Waals surface area contributed by atoms with E-state index in [1.54, 1.807) is 60.4 Å². The van der Waals surface area contributed by atoms with E-state index in [1.165, 1.54) is 36.4 Å². The van der Waals surface area contributed by atoms with Gasteiger partial charge >= 0.3 is 25.7 Å². The van der Waals surface area contributed by atoms with Crippen LogP contribution in [0.2, 0.25) is 0 Å². The Bertz CT molecular complexity index is 3560. The molecule has 552 valence electrons. The molecule has 100 heavy (non-hydrogen) atoms. The molecule has 0 spiro atoms. The first-order valence-corrected chi connectivity index (χ1v) is 36.1. The van der Waals surface area contributed by atoms with Crippen molar-refractivity contribution < 1.29 is 95.1 Å². The van der Waals surface area contributed by atoms with Crippen LogP contribution < -0.4 is 40.6 Å². The number of aromatic nitrogens is 4. The number of phosphoric acid groups is 1. The zero-order chi connectivity index (χ0) is 72.5. The zero-order valence-corrected chi connectivity index (χ0v) is 58.4. The van der Waals surface area contributed by atoms with E-state index in [2.05, 4.69) is 55.8 Å². The van der Waals surface area contributed by atoms with Crippen molar-refractivity contribution in [2.45, 2.75) is 82.8 Å². The number of carboxylic acid groups (broad SMARTS) is 3. The summed E-state index contributed by atoms with van der Waals surface area (Å²) in [5.41, 5.74) is 2.18. The van der Waals surface area contributed by atoms with Gasteiger partial charge in [-0.1, -0.05) is 19.1 Å². The molecule has 3 aromatic carbocycles. The number of aliphatic carboxylic acids is 3. The molecule has 0 radical (unpaired) electrons. The Kier molecular flexibility index (Phi) is 34.1. The molecule has 2 atom stereocenters. The molecule has 4 amide bonds. The van der Waals surface area contributed by atoms with Crippen LogP contribution in [0.1, 0.15) is 66.1 Å². The molecule has 0 unspecified atom stereocenters. The molecule has 1 saturated heterocycles. The smallest absolute Gasteiger partial charge is 0.494 e. The number of H-pyrrole nitrogens is 1. The standard InChI is InChI=1S/C64H95N14O20PS/c1-4-74-22-24-75(26-27-77(45-59(83)84)29-28-76(25-23-74)44-58(81)82)43-57(80)72-53(39-48-10-13-51(14-11-48)98-99(89,90)91)62(86)66-18-8-31-95-34-36-96-35-33-94-30-7-17-65-56(79)9-5-32-97-52-37-46(2)60(47(3)38-52)100(92,93)73-54(63(87)88)42-70-61(85)49-12-15-55-50(40-49)41-71-78(55)21-6-16-67-64-68-19-20-69-64/h10-15,19-20,37-38,40-41,53-54,73H,4-9,16-18,21-36,39,42-45H2,1-3H3,(H,65,79)(H,66,86)(H,70,85)(H,72,80)(H,81,82)(H,83,84)(H,87,88)(H2,67,68,69)(H2,89,90,91)/t53-,54+/m1/s1. The van der Waals surface area contributed by atoms with E-state index in [4.69, 9.17) is 18.9 Å². The summed E-state index contributed by atoms with van der Waals surface area (Å²) in [4.78, 5) is 122. The van der Waals surface area contributed by atoms with Gasteiger partial charge in [0.1, 0.15) is 23.6 Å². The molecule has 1 fully saturated rings. The number of aryl methyl sites for hydroxylation is 3. The lowest BCUT2D eigenvalue weighted by atomic mass is 10.0. The lowest BCUT2D eigenvalue weighted by Gasteiger charge is -2.33. The van der Waals surface area contributed by atoms with Crippen molar-refractivity contribution in [2.75, 3.05) is 156 Å². The van der Waals surface area contributed by atoms with Gasteiger partial charge in [0.05, 0.1) is 69.3 Å². The van der Waals surface area contributed by atoms with Crippen molar-refractivity contribution in [3.8, 4) is 11.5 Å². The van der Waals surface area contributed by atoms with E-state index >= 15 is 0 Å². The van der Waals surface area contributed by atoms with Gasteiger partial charge in [-0.2, -0.15) is 9.82 Å². The number of amides is 4. The second-order valence-electron chi connectivity index (χ2n) is 23.7. The maximum absolute atomic E-state index is 13.8. The number of phosphoric ester groups is 1. The number of ether oxygens (including phenoxy) is 4. The van der Waals surface area contributed by atoms with Gasteiger partial charge in [-0.25, -0.2) is 18.0 Å². The van der Waals surface area contributed by atoms with Gasteiger partial charge in [-0.3, -0.25) is 62.7 Å². The number of anilines is 1. The average Bonchev–Trinajstić information content (AvgIpc) is 0.862. The summed E-state index contributed by atoms with van der Waals surface area (Å²) in [6.07, 6.45) is 7.28. The van der Waals surface area contributed by atoms with Crippen molar-refractivity contribution in [2.24, 2.45) is 0 Å². The van der Waals surface area contributed by atoms with Crippen molar-refractivity contribution in [1.82, 2.24) is 65.3 Å². The fourth-order valence-electron chi connectivity index (χ4n) is 10.8. The molecule has 2 aromatic heterocycles. The lowest BCUT2D eigenvalue weighted by molar-refractivity contribution is -0.140. The van der Waals surface area contributed by atoms with Crippen molar-refractivity contribution in [3.05, 3.63) is 95.4 Å². The normalized spacial score (nSPS) is 14.7. The van der Waals surface area contributed by atoms with E-state index in [0.29, 0.717) is 145 Å². The topological polar surface area (TPSA) is 450 Å². The number of hydrogen-bond donors (Lipinski definition) is 12. The number of rotatable bonds is 44. The first-order chi connectivity index (χ1) is 47.8. The minimum atomic E-state index is -4.83. The molecular formula is C64H95N14O20PS. The number of sulfonamides is 1. The summed E-state index contributed by atoms with van der Waals surface area (Å²) in [7, 11) is -9.23. The number of nitrogens with zero attached hydrogens (tertiary/aromatic N) is 7. The highest BCUT2D eigenvalue weighted by Gasteiger charge is 2.30. The van der Waals surface area contributed by atoms with Crippen molar-refractivity contribution in [1.29, 1.82) is 0 Å². The summed E-state index contributed by atoms with van der Waals surface area (Å²) in [5.74, 6) is -4.32. The average molecular weight is 1440 g/mol. The van der Waals surface area contributed by atoms with Gasteiger partial charge in [0.15, 0.2) is 5.95 Å². The molecule has 12 N–H and O–H groups in total. The highest BCUT2D eigenvalue weighted by atomic mass is 32.2. The second-order valence-corrected chi connectivity index (χ2v) is 26.5. The summed E-state index contributed by atoms with van der Waals surface area (Å²) in [5, 5.41) is 48.4. The van der Waals surface area contributed by atoms with Crippen LogP contribution in [-0.4, -0.2) is 277 Å². The van der Waals surface area contributed by atoms with Crippen LogP contribution in [0.15, 0.2) is 78.1 Å². The summed E-state index contributed by atoms with van der Waals surface area (Å²) in [6, 6.07) is 10.9. The van der Waals surface area contributed by atoms with E-state index in [1.807, 2.05) is 16.5 Å². The van der Waals surface area contributed by atoms with Gasteiger partial charge in [0.2, 0.25) is 27.7 Å². The third-order valence-corrected chi connectivity index (χ3v) is 18.0. The highest BCUT2D eigenvalue weighted by Crippen LogP contribution is 2.37. The van der Waals surface area contributed by atoms with Crippen LogP contribution in [0.4, 0.5) is 5.95 Å². The predicted molar refractivity (Wildman–Crippen MR) is 365 cm³/mol. The number of nitrogens with one attached hydrogen (secondary N) is 7. The molecule has 0 bridgehead atoms. The minimum Gasteiger partial charge on any atom is -0.494 e. The SMILES string of the molecule is CCN1CCN(CC(=O)O)CCN(CC(=O)O)CCN(CC(=O)N[C@H](Cc2ccc(OP(=O)(O)O)cc2)C(=O)NCCCOCCOCCOCCCNC(=O)CCCOc2cc(C)c(S(=O)(=O)N[C@@H](CNC(=O)c3ccc4c(cnn4CCCNc4ncc[nH]4)c3)C(=O)O)c(C)c2)CC1. The molecule has 6 rings (SSSR count). The second kappa shape index (κ2) is 42.2. The molecule has 1 aliphatic heterocycles. The van der Waals surface area contributed by atoms with Gasteiger partial charge in [0, 0.05) is 134 Å². The fourth-order valence-corrected chi connectivity index (χ4v) is 12.8. The Morgan fingerprint density at radius 3 is 1.82 bits per heavy atom. The highest BCUT2D eigenvalue weighted by molar-refractivity contribution is 7.89. The van der Waals surface area contributed by atoms with Crippen LogP contribution in [0.25, 0.3) is 10.9 Å². The predicted octanol–water partition coefficient (Wildman–Crippen LogP) is 0.871. The molecule has 5 aromatic rings. The summed E-state index contributed by atoms with van der Waals surface area (Å²) < 4.78 is 70.1. The maximum atomic E-state index is 13.8. The zero-order valence-electron chi connectivity index (χ0n) is 56.6. The minimum absolute atomic E-state index is 0.0175. The number of carboxylic acids is 3. The molecule has 34 nitrogen and oxygen atoms in total. The molecule has 1 aliphatic rings. The van der Waals surface area contributed by atoms with Crippen molar-refractivity contribution >= 4 is 76.2 Å². The van der Waals surface area contributed by atoms with Crippen LogP contribution in [-0.2, 0) is 70.5 Å². The number of benzene rings is 3. The van der Waals surface area contributed by atoms with Crippen molar-refractivity contribution in [3.63, 3.8) is 0 Å². The summed E-state index contributed by atoms with van der Waals surface area (Å²) in [6.45, 7) is 11.6. The number of aromatic amines is 1. The van der Waals surface area contributed by atoms with Crippen LogP contribution in [0, 0.1) is 13.8 Å². The van der Waals surface area contributed by atoms with Gasteiger partial charge < -0.3 is 75.3 Å². The van der Waals surface area contributed by atoms with Crippen LogP contribution in [0.3, 0.4) is 0 Å². The molecule has 3 heterocycles. The first-order valence-electron chi connectivity index (χ1n) is 33.0. The van der Waals surface area contributed by atoms with Gasteiger partial charge in [0.25, 0.3) is 5.91 Å². The van der Waals surface area contributed by atoms with E-state index in [-0.39, 0.29) is 94.1 Å². The lowest BCUT2D eigenvalue weighted by Crippen LogP contribution is -2.52.